The lowest BCUT2D eigenvalue weighted by molar-refractivity contribution is 0.0526. The zero-order valence-electron chi connectivity index (χ0n) is 14.3. The van der Waals surface area contributed by atoms with E-state index in [0.717, 1.165) is 44.7 Å². The van der Waals surface area contributed by atoms with Gasteiger partial charge in [0.05, 0.1) is 22.9 Å². The summed E-state index contributed by atoms with van der Waals surface area (Å²) in [7, 11) is 1.66. The van der Waals surface area contributed by atoms with Crippen LogP contribution in [0, 0.1) is 3.57 Å². The summed E-state index contributed by atoms with van der Waals surface area (Å²) < 4.78 is 11.6. The molecular formula is C19H20INO3S. The number of nitrogens with zero attached hydrogens (tertiary/aromatic N) is 1. The zero-order valence-corrected chi connectivity index (χ0v) is 17.3. The van der Waals surface area contributed by atoms with E-state index in [9.17, 15) is 4.79 Å². The van der Waals surface area contributed by atoms with Gasteiger partial charge in [0.15, 0.2) is 0 Å². The third-order valence-corrected chi connectivity index (χ3v) is 6.18. The van der Waals surface area contributed by atoms with Crippen LogP contribution in [0.1, 0.15) is 46.1 Å². The smallest absolute Gasteiger partial charge is 0.341 e. The van der Waals surface area contributed by atoms with Crippen molar-refractivity contribution in [2.75, 3.05) is 13.7 Å². The lowest BCUT2D eigenvalue weighted by Gasteiger charge is -2.11. The number of methoxy groups -OCH3 is 1. The van der Waals surface area contributed by atoms with E-state index in [1.54, 1.807) is 18.4 Å². The van der Waals surface area contributed by atoms with Gasteiger partial charge in [-0.15, -0.1) is 11.3 Å². The molecule has 0 N–H and O–H groups in total. The van der Waals surface area contributed by atoms with Crippen LogP contribution in [0.2, 0.25) is 0 Å². The average Bonchev–Trinajstić information content (AvgIpc) is 2.98. The molecule has 0 amide bonds. The van der Waals surface area contributed by atoms with Gasteiger partial charge < -0.3 is 9.47 Å². The number of hydrogen-bond donors (Lipinski definition) is 0. The highest BCUT2D eigenvalue weighted by atomic mass is 127. The molecule has 4 nitrogen and oxygen atoms in total. The maximum absolute atomic E-state index is 12.4. The van der Waals surface area contributed by atoms with Crippen LogP contribution in [0.25, 0.3) is 0 Å². The maximum atomic E-state index is 12.4. The van der Waals surface area contributed by atoms with E-state index in [1.807, 2.05) is 31.3 Å². The second-order valence-electron chi connectivity index (χ2n) is 5.76. The number of esters is 1. The van der Waals surface area contributed by atoms with Gasteiger partial charge in [-0.2, -0.15) is 0 Å². The third-order valence-electron chi connectivity index (χ3n) is 4.14. The first kappa shape index (κ1) is 18.4. The standard InChI is InChI=1S/C19H20INO3S/c1-3-24-19(22)17-13-6-4-5-7-16(13)25-18(17)21-11-12-8-9-15(23-2)14(20)10-12/h8-11H,3-7H2,1-2H3/b21-11+. The molecule has 6 heteroatoms. The van der Waals surface area contributed by atoms with Gasteiger partial charge in [-0.1, -0.05) is 0 Å². The van der Waals surface area contributed by atoms with Gasteiger partial charge in [-0.25, -0.2) is 9.79 Å². The highest BCUT2D eigenvalue weighted by Crippen LogP contribution is 2.40. The molecule has 1 aliphatic carbocycles. The Morgan fingerprint density at radius 2 is 2.16 bits per heavy atom. The van der Waals surface area contributed by atoms with Crippen molar-refractivity contribution < 1.29 is 14.3 Å². The number of carbonyl (C=O) groups excluding carboxylic acids is 1. The minimum absolute atomic E-state index is 0.252. The van der Waals surface area contributed by atoms with E-state index >= 15 is 0 Å². The van der Waals surface area contributed by atoms with Crippen molar-refractivity contribution in [2.24, 2.45) is 4.99 Å². The Balaban J connectivity index is 1.95. The van der Waals surface area contributed by atoms with E-state index in [2.05, 4.69) is 27.6 Å². The Hall–Kier alpha value is -1.41. The fourth-order valence-corrected chi connectivity index (χ4v) is 4.93. The van der Waals surface area contributed by atoms with Crippen LogP contribution in [0.4, 0.5) is 5.00 Å². The fourth-order valence-electron chi connectivity index (χ4n) is 2.95. The van der Waals surface area contributed by atoms with E-state index in [1.165, 1.54) is 11.3 Å². The molecule has 25 heavy (non-hydrogen) atoms. The normalized spacial score (nSPS) is 13.7. The summed E-state index contributed by atoms with van der Waals surface area (Å²) in [6, 6.07) is 5.90. The number of aryl methyl sites for hydroxylation is 1. The van der Waals surface area contributed by atoms with Crippen LogP contribution < -0.4 is 4.74 Å². The first-order valence-electron chi connectivity index (χ1n) is 8.33. The number of fused-ring (bicyclic) bond motifs is 1. The van der Waals surface area contributed by atoms with Gasteiger partial charge in [-0.05, 0) is 84.5 Å². The van der Waals surface area contributed by atoms with Crippen molar-refractivity contribution in [2.45, 2.75) is 32.6 Å². The maximum Gasteiger partial charge on any atom is 0.341 e. The SMILES string of the molecule is CCOC(=O)c1c(/N=C/c2ccc(OC)c(I)c2)sc2c1CCCC2. The summed E-state index contributed by atoms with van der Waals surface area (Å²) >= 11 is 3.86. The van der Waals surface area contributed by atoms with E-state index in [-0.39, 0.29) is 5.97 Å². The van der Waals surface area contributed by atoms with E-state index in [4.69, 9.17) is 9.47 Å². The molecule has 0 spiro atoms. The van der Waals surface area contributed by atoms with Gasteiger partial charge in [0.1, 0.15) is 10.8 Å². The van der Waals surface area contributed by atoms with Crippen LogP contribution in [-0.2, 0) is 17.6 Å². The number of halogens is 1. The average molecular weight is 469 g/mol. The summed E-state index contributed by atoms with van der Waals surface area (Å²) in [6.45, 7) is 2.21. The van der Waals surface area contributed by atoms with Crippen LogP contribution >= 0.6 is 33.9 Å². The van der Waals surface area contributed by atoms with Gasteiger partial charge >= 0.3 is 5.97 Å². The molecule has 132 valence electrons. The van der Waals surface area contributed by atoms with Crippen molar-refractivity contribution in [3.63, 3.8) is 0 Å². The Labute approximate surface area is 165 Å². The second-order valence-corrected chi connectivity index (χ2v) is 8.01. The third kappa shape index (κ3) is 4.06. The molecule has 0 bridgehead atoms. The van der Waals surface area contributed by atoms with Gasteiger partial charge in [0.25, 0.3) is 0 Å². The summed E-state index contributed by atoms with van der Waals surface area (Å²) in [6.07, 6.45) is 6.07. The van der Waals surface area contributed by atoms with Gasteiger partial charge in [0.2, 0.25) is 0 Å². The molecule has 0 saturated heterocycles. The number of thiophene rings is 1. The monoisotopic (exact) mass is 469 g/mol. The van der Waals surface area contributed by atoms with Crippen molar-refractivity contribution in [1.29, 1.82) is 0 Å². The van der Waals surface area contributed by atoms with E-state index in [0.29, 0.717) is 12.2 Å². The largest absolute Gasteiger partial charge is 0.496 e. The first-order valence-corrected chi connectivity index (χ1v) is 10.2. The summed E-state index contributed by atoms with van der Waals surface area (Å²) in [5.74, 6) is 0.593. The molecule has 0 fully saturated rings. The van der Waals surface area contributed by atoms with Crippen LogP contribution in [0.3, 0.4) is 0 Å². The minimum Gasteiger partial charge on any atom is -0.496 e. The molecule has 0 unspecified atom stereocenters. The van der Waals surface area contributed by atoms with Crippen molar-refractivity contribution in [3.05, 3.63) is 43.3 Å². The number of carbonyl (C=O) groups is 1. The number of hydrogen-bond acceptors (Lipinski definition) is 5. The molecule has 0 aliphatic heterocycles. The lowest BCUT2D eigenvalue weighted by Crippen LogP contribution is -2.09. The highest BCUT2D eigenvalue weighted by molar-refractivity contribution is 14.1. The number of benzene rings is 1. The summed E-state index contributed by atoms with van der Waals surface area (Å²) in [5, 5.41) is 0.760. The molecule has 2 aromatic rings. The topological polar surface area (TPSA) is 47.9 Å². The highest BCUT2D eigenvalue weighted by Gasteiger charge is 2.25. The van der Waals surface area contributed by atoms with Crippen molar-refractivity contribution >= 4 is 51.1 Å². The van der Waals surface area contributed by atoms with Crippen molar-refractivity contribution in [1.82, 2.24) is 0 Å². The molecule has 3 rings (SSSR count). The molecule has 1 aliphatic rings. The van der Waals surface area contributed by atoms with Gasteiger partial charge in [-0.3, -0.25) is 0 Å². The minimum atomic E-state index is -0.252. The zero-order chi connectivity index (χ0) is 17.8. The van der Waals surface area contributed by atoms with Crippen molar-refractivity contribution in [3.8, 4) is 5.75 Å². The van der Waals surface area contributed by atoms with Crippen LogP contribution in [-0.4, -0.2) is 25.9 Å². The molecule has 1 aromatic heterocycles. The first-order chi connectivity index (χ1) is 12.1. The number of aliphatic imine (C=N–C) groups is 1. The Morgan fingerprint density at radius 1 is 1.36 bits per heavy atom. The van der Waals surface area contributed by atoms with Crippen LogP contribution in [0.15, 0.2) is 23.2 Å². The lowest BCUT2D eigenvalue weighted by atomic mass is 9.95. The van der Waals surface area contributed by atoms with Crippen LogP contribution in [0.5, 0.6) is 5.75 Å². The predicted molar refractivity (Wildman–Crippen MR) is 110 cm³/mol. The van der Waals surface area contributed by atoms with Gasteiger partial charge in [0, 0.05) is 11.1 Å². The summed E-state index contributed by atoms with van der Waals surface area (Å²) in [4.78, 5) is 18.4. The number of ether oxygens (including phenoxy) is 2. The number of rotatable bonds is 5. The predicted octanol–water partition coefficient (Wildman–Crippen LogP) is 5.17. The molecular weight excluding hydrogens is 449 g/mol. The molecule has 0 radical (unpaired) electrons. The molecule has 1 heterocycles. The fraction of sp³-hybridized carbons (Fsp3) is 0.368. The molecule has 0 atom stereocenters. The Morgan fingerprint density at radius 3 is 2.88 bits per heavy atom. The molecule has 0 saturated carbocycles. The van der Waals surface area contributed by atoms with E-state index < -0.39 is 0 Å². The quantitative estimate of drug-likeness (QED) is 0.345. The molecule has 1 aromatic carbocycles. The second kappa shape index (κ2) is 8.31. The summed E-state index contributed by atoms with van der Waals surface area (Å²) in [5.41, 5.74) is 2.79. The Bertz CT molecular complexity index is 813. The Kier molecular flexibility index (Phi) is 6.11.